The van der Waals surface area contributed by atoms with Crippen LogP contribution in [0.3, 0.4) is 0 Å². The number of hydrogen-bond donors (Lipinski definition) is 2. The van der Waals surface area contributed by atoms with Gasteiger partial charge in [-0.15, -0.1) is 0 Å². The van der Waals surface area contributed by atoms with Crippen molar-refractivity contribution in [3.8, 4) is 11.8 Å². The first kappa shape index (κ1) is 15.0. The molecule has 0 amide bonds. The van der Waals surface area contributed by atoms with Crippen molar-refractivity contribution in [2.45, 2.75) is 31.9 Å². The Morgan fingerprint density at radius 3 is 2.75 bits per heavy atom. The fraction of sp³-hybridized carbons (Fsp3) is 0.500. The average Bonchev–Trinajstić information content (AvgIpc) is 2.45. The van der Waals surface area contributed by atoms with Crippen LogP contribution in [0, 0.1) is 17.7 Å². The summed E-state index contributed by atoms with van der Waals surface area (Å²) in [6, 6.07) is 4.99. The summed E-state index contributed by atoms with van der Waals surface area (Å²) >= 11 is 0. The zero-order chi connectivity index (χ0) is 14.4. The Balaban J connectivity index is 2.02. The Labute approximate surface area is 119 Å². The SMILES string of the molecule is OCCC#Cc1cc(CN2CCC(O)CC2)ccc1F. The minimum absolute atomic E-state index is 0.00951. The van der Waals surface area contributed by atoms with Crippen LogP contribution in [-0.4, -0.2) is 40.9 Å². The lowest BCUT2D eigenvalue weighted by Gasteiger charge is -2.29. The summed E-state index contributed by atoms with van der Waals surface area (Å²) in [6.45, 7) is 2.47. The zero-order valence-electron chi connectivity index (χ0n) is 11.5. The molecule has 1 aliphatic heterocycles. The molecule has 4 heteroatoms. The van der Waals surface area contributed by atoms with Crippen LogP contribution in [0.25, 0.3) is 0 Å². The van der Waals surface area contributed by atoms with Gasteiger partial charge in [0.25, 0.3) is 0 Å². The van der Waals surface area contributed by atoms with Gasteiger partial charge in [0.2, 0.25) is 0 Å². The van der Waals surface area contributed by atoms with E-state index in [9.17, 15) is 9.50 Å². The summed E-state index contributed by atoms with van der Waals surface area (Å²) in [7, 11) is 0. The van der Waals surface area contributed by atoms with Crippen LogP contribution >= 0.6 is 0 Å². The van der Waals surface area contributed by atoms with Crippen LogP contribution in [0.5, 0.6) is 0 Å². The maximum Gasteiger partial charge on any atom is 0.138 e. The molecule has 1 aromatic carbocycles. The number of aliphatic hydroxyl groups is 2. The average molecular weight is 277 g/mol. The van der Waals surface area contributed by atoms with Gasteiger partial charge in [-0.05, 0) is 30.5 Å². The highest BCUT2D eigenvalue weighted by Gasteiger charge is 2.17. The topological polar surface area (TPSA) is 43.7 Å². The zero-order valence-corrected chi connectivity index (χ0v) is 11.5. The van der Waals surface area contributed by atoms with E-state index in [2.05, 4.69) is 16.7 Å². The Kier molecular flexibility index (Phi) is 5.54. The maximum atomic E-state index is 13.6. The van der Waals surface area contributed by atoms with Crippen LogP contribution < -0.4 is 0 Å². The summed E-state index contributed by atoms with van der Waals surface area (Å²) in [5.41, 5.74) is 1.41. The number of nitrogens with zero attached hydrogens (tertiary/aromatic N) is 1. The number of likely N-dealkylation sites (tertiary alicyclic amines) is 1. The molecule has 1 heterocycles. The number of halogens is 1. The minimum atomic E-state index is -0.326. The first-order valence-corrected chi connectivity index (χ1v) is 6.97. The molecule has 0 aromatic heterocycles. The van der Waals surface area contributed by atoms with Gasteiger partial charge in [0.15, 0.2) is 0 Å². The molecule has 0 bridgehead atoms. The van der Waals surface area contributed by atoms with Crippen molar-refractivity contribution in [2.75, 3.05) is 19.7 Å². The Morgan fingerprint density at radius 1 is 1.30 bits per heavy atom. The molecule has 2 rings (SSSR count). The molecule has 3 nitrogen and oxygen atoms in total. The highest BCUT2D eigenvalue weighted by molar-refractivity contribution is 5.38. The van der Waals surface area contributed by atoms with E-state index in [4.69, 9.17) is 5.11 Å². The van der Waals surface area contributed by atoms with Crippen molar-refractivity contribution in [3.63, 3.8) is 0 Å². The molecule has 0 spiro atoms. The molecule has 2 N–H and O–H groups in total. The molecule has 1 aliphatic rings. The van der Waals surface area contributed by atoms with Crippen molar-refractivity contribution in [1.29, 1.82) is 0 Å². The molecule has 0 aliphatic carbocycles. The monoisotopic (exact) mass is 277 g/mol. The van der Waals surface area contributed by atoms with Crippen molar-refractivity contribution in [2.24, 2.45) is 0 Å². The third-order valence-electron chi connectivity index (χ3n) is 3.45. The highest BCUT2D eigenvalue weighted by Crippen LogP contribution is 2.16. The van der Waals surface area contributed by atoms with Gasteiger partial charge in [-0.1, -0.05) is 17.9 Å². The van der Waals surface area contributed by atoms with Crippen molar-refractivity contribution in [1.82, 2.24) is 4.90 Å². The molecule has 0 radical (unpaired) electrons. The Morgan fingerprint density at radius 2 is 2.05 bits per heavy atom. The molecule has 0 unspecified atom stereocenters. The van der Waals surface area contributed by atoms with Crippen LogP contribution in [-0.2, 0) is 6.54 Å². The normalized spacial score (nSPS) is 16.8. The number of hydrogen-bond acceptors (Lipinski definition) is 3. The quantitative estimate of drug-likeness (QED) is 0.823. The van der Waals surface area contributed by atoms with E-state index < -0.39 is 0 Å². The third-order valence-corrected chi connectivity index (χ3v) is 3.45. The van der Waals surface area contributed by atoms with Crippen LogP contribution in [0.1, 0.15) is 30.4 Å². The van der Waals surface area contributed by atoms with Gasteiger partial charge in [-0.25, -0.2) is 4.39 Å². The van der Waals surface area contributed by atoms with Gasteiger partial charge < -0.3 is 10.2 Å². The molecule has 20 heavy (non-hydrogen) atoms. The summed E-state index contributed by atoms with van der Waals surface area (Å²) < 4.78 is 13.6. The minimum Gasteiger partial charge on any atom is -0.395 e. The summed E-state index contributed by atoms with van der Waals surface area (Å²) in [5, 5.41) is 18.2. The van der Waals surface area contributed by atoms with Gasteiger partial charge in [-0.3, -0.25) is 4.90 Å². The summed E-state index contributed by atoms with van der Waals surface area (Å²) in [4.78, 5) is 2.25. The number of rotatable bonds is 3. The molecule has 0 atom stereocenters. The second-order valence-electron chi connectivity index (χ2n) is 5.10. The van der Waals surface area contributed by atoms with Gasteiger partial charge in [0.1, 0.15) is 5.82 Å². The fourth-order valence-electron chi connectivity index (χ4n) is 2.32. The Hall–Kier alpha value is -1.41. The number of piperidine rings is 1. The lowest BCUT2D eigenvalue weighted by Crippen LogP contribution is -2.35. The highest BCUT2D eigenvalue weighted by atomic mass is 19.1. The maximum absolute atomic E-state index is 13.6. The van der Waals surface area contributed by atoms with Crippen LogP contribution in [0.15, 0.2) is 18.2 Å². The predicted octanol–water partition coefficient (Wildman–Crippen LogP) is 1.52. The van der Waals surface area contributed by atoms with Gasteiger partial charge in [0, 0.05) is 26.1 Å². The molecule has 108 valence electrons. The first-order valence-electron chi connectivity index (χ1n) is 6.97. The van der Waals surface area contributed by atoms with Gasteiger partial charge >= 0.3 is 0 Å². The van der Waals surface area contributed by atoms with Gasteiger partial charge in [-0.2, -0.15) is 0 Å². The number of benzene rings is 1. The van der Waals surface area contributed by atoms with Gasteiger partial charge in [0.05, 0.1) is 18.3 Å². The van der Waals surface area contributed by atoms with Crippen molar-refractivity contribution < 1.29 is 14.6 Å². The van der Waals surface area contributed by atoms with E-state index in [0.717, 1.165) is 38.0 Å². The lowest BCUT2D eigenvalue weighted by molar-refractivity contribution is 0.0792. The van der Waals surface area contributed by atoms with E-state index in [-0.39, 0.29) is 18.5 Å². The summed E-state index contributed by atoms with van der Waals surface area (Å²) in [6.07, 6.45) is 1.77. The molecular formula is C16H20FNO2. The van der Waals surface area contributed by atoms with Crippen molar-refractivity contribution in [3.05, 3.63) is 35.1 Å². The third kappa shape index (κ3) is 4.31. The van der Waals surface area contributed by atoms with E-state index in [1.165, 1.54) is 6.07 Å². The molecular weight excluding hydrogens is 257 g/mol. The molecule has 1 fully saturated rings. The van der Waals surface area contributed by atoms with E-state index in [1.807, 2.05) is 0 Å². The van der Waals surface area contributed by atoms with E-state index >= 15 is 0 Å². The summed E-state index contributed by atoms with van der Waals surface area (Å²) in [5.74, 6) is 5.17. The predicted molar refractivity (Wildman–Crippen MR) is 75.5 cm³/mol. The first-order chi connectivity index (χ1) is 9.69. The molecule has 1 saturated heterocycles. The molecule has 0 saturated carbocycles. The molecule has 1 aromatic rings. The van der Waals surface area contributed by atoms with Crippen LogP contribution in [0.4, 0.5) is 4.39 Å². The van der Waals surface area contributed by atoms with E-state index in [0.29, 0.717) is 12.0 Å². The van der Waals surface area contributed by atoms with E-state index in [1.54, 1.807) is 12.1 Å². The standard InChI is InChI=1S/C16H20FNO2/c17-16-5-4-13(11-14(16)3-1-2-10-19)12-18-8-6-15(20)7-9-18/h4-5,11,15,19-20H,2,6-10,12H2. The second-order valence-corrected chi connectivity index (χ2v) is 5.10. The largest absolute Gasteiger partial charge is 0.395 e. The Bertz CT molecular complexity index is 499. The second kappa shape index (κ2) is 7.39. The smallest absolute Gasteiger partial charge is 0.138 e. The lowest BCUT2D eigenvalue weighted by atomic mass is 10.1. The number of aliphatic hydroxyl groups excluding tert-OH is 2. The van der Waals surface area contributed by atoms with Crippen molar-refractivity contribution >= 4 is 0 Å². The van der Waals surface area contributed by atoms with Crippen LogP contribution in [0.2, 0.25) is 0 Å². The fourth-order valence-corrected chi connectivity index (χ4v) is 2.32.